The molecular weight excluding hydrogens is 210 g/mol. The van der Waals surface area contributed by atoms with Crippen LogP contribution in [-0.4, -0.2) is 11.1 Å². The van der Waals surface area contributed by atoms with E-state index in [0.29, 0.717) is 6.42 Å². The lowest BCUT2D eigenvalue weighted by Gasteiger charge is -2.22. The third kappa shape index (κ3) is 1.55. The molecule has 0 spiro atoms. The first-order valence-electron chi connectivity index (χ1n) is 4.79. The van der Waals surface area contributed by atoms with Crippen LogP contribution in [0.25, 0.3) is 0 Å². The molecule has 0 saturated carbocycles. The summed E-state index contributed by atoms with van der Waals surface area (Å²) in [5, 5.41) is 2.08. The number of benzene rings is 1. The highest BCUT2D eigenvalue weighted by molar-refractivity contribution is 8.15. The highest BCUT2D eigenvalue weighted by atomic mass is 32.2. The molecule has 3 nitrogen and oxygen atoms in total. The summed E-state index contributed by atoms with van der Waals surface area (Å²) in [6, 6.07) is 9.42. The molecule has 1 heterocycles. The fraction of sp³-hybridized carbons (Fsp3) is 0.273. The molecule has 0 aliphatic carbocycles. The second kappa shape index (κ2) is 3.70. The Balaban J connectivity index is 2.47. The number of amides is 2. The van der Waals surface area contributed by atoms with E-state index in [0.717, 1.165) is 17.3 Å². The average Bonchev–Trinajstić information content (AvgIpc) is 2.56. The van der Waals surface area contributed by atoms with Crippen molar-refractivity contribution in [3.05, 3.63) is 35.9 Å². The van der Waals surface area contributed by atoms with E-state index in [4.69, 9.17) is 0 Å². The minimum Gasteiger partial charge on any atom is -0.286 e. The molecule has 1 atom stereocenters. The van der Waals surface area contributed by atoms with Gasteiger partial charge in [0.25, 0.3) is 5.24 Å². The van der Waals surface area contributed by atoms with Crippen LogP contribution < -0.4 is 5.32 Å². The fourth-order valence-corrected chi connectivity index (χ4v) is 2.76. The van der Waals surface area contributed by atoms with Gasteiger partial charge in [-0.05, 0) is 23.7 Å². The third-order valence-corrected chi connectivity index (χ3v) is 3.93. The van der Waals surface area contributed by atoms with Crippen molar-refractivity contribution < 1.29 is 9.59 Å². The van der Waals surface area contributed by atoms with Gasteiger partial charge in [0.1, 0.15) is 4.75 Å². The van der Waals surface area contributed by atoms with Gasteiger partial charge in [0.15, 0.2) is 0 Å². The number of thioether (sulfide) groups is 1. The highest BCUT2D eigenvalue weighted by Crippen LogP contribution is 2.43. The van der Waals surface area contributed by atoms with Crippen LogP contribution in [0.3, 0.4) is 0 Å². The molecular formula is C11H11NO2S. The van der Waals surface area contributed by atoms with Crippen molar-refractivity contribution in [2.75, 3.05) is 0 Å². The first kappa shape index (κ1) is 10.2. The van der Waals surface area contributed by atoms with Crippen molar-refractivity contribution >= 4 is 22.9 Å². The zero-order valence-corrected chi connectivity index (χ0v) is 9.14. The van der Waals surface area contributed by atoms with Gasteiger partial charge in [-0.1, -0.05) is 37.3 Å². The van der Waals surface area contributed by atoms with Crippen molar-refractivity contribution in [2.24, 2.45) is 0 Å². The SMILES string of the molecule is CC[C@@]1(c2ccccc2)SC(=O)NC1=O. The monoisotopic (exact) mass is 221 g/mol. The summed E-state index contributed by atoms with van der Waals surface area (Å²) >= 11 is 1.07. The second-order valence-electron chi connectivity index (χ2n) is 3.39. The van der Waals surface area contributed by atoms with E-state index < -0.39 is 4.75 Å². The van der Waals surface area contributed by atoms with Crippen molar-refractivity contribution in [1.29, 1.82) is 0 Å². The summed E-state index contributed by atoms with van der Waals surface area (Å²) in [4.78, 5) is 23.0. The summed E-state index contributed by atoms with van der Waals surface area (Å²) in [7, 11) is 0. The van der Waals surface area contributed by atoms with Gasteiger partial charge in [-0.15, -0.1) is 0 Å². The van der Waals surface area contributed by atoms with E-state index in [9.17, 15) is 9.59 Å². The molecule has 0 radical (unpaired) electrons. The van der Waals surface area contributed by atoms with Gasteiger partial charge < -0.3 is 0 Å². The molecule has 0 unspecified atom stereocenters. The smallest absolute Gasteiger partial charge is 0.286 e. The number of carbonyl (C=O) groups is 2. The predicted octanol–water partition coefficient (Wildman–Crippen LogP) is 2.27. The van der Waals surface area contributed by atoms with Gasteiger partial charge in [0.2, 0.25) is 5.91 Å². The van der Waals surface area contributed by atoms with Crippen LogP contribution in [0.4, 0.5) is 4.79 Å². The number of hydrogen-bond acceptors (Lipinski definition) is 3. The van der Waals surface area contributed by atoms with Crippen LogP contribution >= 0.6 is 11.8 Å². The minimum absolute atomic E-state index is 0.203. The molecule has 78 valence electrons. The lowest BCUT2D eigenvalue weighted by molar-refractivity contribution is -0.122. The molecule has 0 aromatic heterocycles. The lowest BCUT2D eigenvalue weighted by atomic mass is 9.94. The Bertz CT molecular complexity index is 404. The highest BCUT2D eigenvalue weighted by Gasteiger charge is 2.47. The number of nitrogens with one attached hydrogen (secondary N) is 1. The van der Waals surface area contributed by atoms with Crippen LogP contribution in [0, 0.1) is 0 Å². The zero-order valence-electron chi connectivity index (χ0n) is 8.32. The lowest BCUT2D eigenvalue weighted by Crippen LogP contribution is -2.33. The first-order chi connectivity index (χ1) is 7.19. The maximum absolute atomic E-state index is 11.8. The van der Waals surface area contributed by atoms with Crippen LogP contribution in [0.15, 0.2) is 30.3 Å². The summed E-state index contributed by atoms with van der Waals surface area (Å²) in [5.41, 5.74) is 0.890. The summed E-state index contributed by atoms with van der Waals surface area (Å²) in [5.74, 6) is -0.203. The number of rotatable bonds is 2. The van der Waals surface area contributed by atoms with Crippen molar-refractivity contribution in [3.63, 3.8) is 0 Å². The predicted molar refractivity (Wildman–Crippen MR) is 59.5 cm³/mol. The largest absolute Gasteiger partial charge is 0.287 e. The molecule has 1 fully saturated rings. The molecule has 2 rings (SSSR count). The van der Waals surface area contributed by atoms with E-state index >= 15 is 0 Å². The number of imide groups is 1. The van der Waals surface area contributed by atoms with E-state index in [1.54, 1.807) is 0 Å². The Labute approximate surface area is 92.2 Å². The molecule has 15 heavy (non-hydrogen) atoms. The van der Waals surface area contributed by atoms with Gasteiger partial charge >= 0.3 is 0 Å². The van der Waals surface area contributed by atoms with Crippen LogP contribution in [0.5, 0.6) is 0 Å². The summed E-state index contributed by atoms with van der Waals surface area (Å²) < 4.78 is -0.724. The van der Waals surface area contributed by atoms with Crippen molar-refractivity contribution in [1.82, 2.24) is 5.32 Å². The van der Waals surface area contributed by atoms with E-state index in [-0.39, 0.29) is 11.1 Å². The Kier molecular flexibility index (Phi) is 2.52. The van der Waals surface area contributed by atoms with Gasteiger partial charge in [-0.2, -0.15) is 0 Å². The van der Waals surface area contributed by atoms with E-state index in [1.165, 1.54) is 0 Å². The molecule has 1 saturated heterocycles. The molecule has 1 aliphatic rings. The average molecular weight is 221 g/mol. The van der Waals surface area contributed by atoms with E-state index in [2.05, 4.69) is 5.32 Å². The van der Waals surface area contributed by atoms with Gasteiger partial charge in [0, 0.05) is 0 Å². The summed E-state index contributed by atoms with van der Waals surface area (Å²) in [6.45, 7) is 1.91. The van der Waals surface area contributed by atoms with Gasteiger partial charge in [-0.3, -0.25) is 14.9 Å². The first-order valence-corrected chi connectivity index (χ1v) is 5.60. The fourth-order valence-electron chi connectivity index (χ4n) is 1.76. The zero-order chi connectivity index (χ0) is 10.9. The van der Waals surface area contributed by atoms with Crippen LogP contribution in [0.1, 0.15) is 18.9 Å². The maximum Gasteiger partial charge on any atom is 0.287 e. The standard InChI is InChI=1S/C11H11NO2S/c1-2-11(8-6-4-3-5-7-8)9(13)12-10(14)15-11/h3-7H,2H2,1H3,(H,12,13,14)/t11-/m0/s1. The van der Waals surface area contributed by atoms with E-state index in [1.807, 2.05) is 37.3 Å². The quantitative estimate of drug-likeness (QED) is 0.833. The molecule has 1 N–H and O–H groups in total. The Hall–Kier alpha value is -1.29. The van der Waals surface area contributed by atoms with Crippen molar-refractivity contribution in [3.8, 4) is 0 Å². The normalized spacial score (nSPS) is 25.4. The Morgan fingerprint density at radius 1 is 1.27 bits per heavy atom. The maximum atomic E-state index is 11.8. The number of hydrogen-bond donors (Lipinski definition) is 1. The van der Waals surface area contributed by atoms with Crippen LogP contribution in [0.2, 0.25) is 0 Å². The van der Waals surface area contributed by atoms with Crippen LogP contribution in [-0.2, 0) is 9.54 Å². The molecule has 1 aromatic rings. The minimum atomic E-state index is -0.724. The number of carbonyl (C=O) groups excluding carboxylic acids is 2. The molecule has 4 heteroatoms. The molecule has 1 aliphatic heterocycles. The third-order valence-electron chi connectivity index (χ3n) is 2.59. The topological polar surface area (TPSA) is 46.2 Å². The van der Waals surface area contributed by atoms with Gasteiger partial charge in [0.05, 0.1) is 0 Å². The molecule has 1 aromatic carbocycles. The second-order valence-corrected chi connectivity index (χ2v) is 4.66. The Morgan fingerprint density at radius 2 is 1.93 bits per heavy atom. The molecule has 0 bridgehead atoms. The summed E-state index contributed by atoms with van der Waals surface area (Å²) in [6.07, 6.45) is 0.610. The van der Waals surface area contributed by atoms with Crippen molar-refractivity contribution in [2.45, 2.75) is 18.1 Å². The molecule has 2 amide bonds. The van der Waals surface area contributed by atoms with Gasteiger partial charge in [-0.25, -0.2) is 0 Å². The Morgan fingerprint density at radius 3 is 2.40 bits per heavy atom.